The number of carbonyl (C=O) groups is 1. The molecular formula is C10H9BrFNO2. The lowest BCUT2D eigenvalue weighted by molar-refractivity contribution is 0.0415. The van der Waals surface area contributed by atoms with Gasteiger partial charge in [-0.2, -0.15) is 0 Å². The Balaban J connectivity index is 2.67. The molecule has 1 aliphatic rings. The number of hydrogen-bond acceptors (Lipinski definition) is 2. The number of rotatable bonds is 0. The molecule has 0 fully saturated rings. The molecule has 2 rings (SSSR count). The molecule has 1 heterocycles. The van der Waals surface area contributed by atoms with Crippen molar-refractivity contribution in [1.82, 2.24) is 0 Å². The molecule has 0 spiro atoms. The van der Waals surface area contributed by atoms with Gasteiger partial charge in [-0.3, -0.25) is 5.32 Å². The van der Waals surface area contributed by atoms with E-state index in [0.29, 0.717) is 10.0 Å². The van der Waals surface area contributed by atoms with Crippen LogP contribution in [0.4, 0.5) is 14.9 Å². The van der Waals surface area contributed by atoms with Crippen molar-refractivity contribution >= 4 is 27.7 Å². The first-order valence-electron chi connectivity index (χ1n) is 4.40. The van der Waals surface area contributed by atoms with Gasteiger partial charge < -0.3 is 4.74 Å². The predicted octanol–water partition coefficient (Wildman–Crippen LogP) is 3.39. The van der Waals surface area contributed by atoms with Crippen LogP contribution in [0.2, 0.25) is 0 Å². The first-order valence-corrected chi connectivity index (χ1v) is 5.19. The second kappa shape index (κ2) is 3.20. The molecule has 5 heteroatoms. The first kappa shape index (κ1) is 10.4. The van der Waals surface area contributed by atoms with Crippen LogP contribution in [-0.2, 0) is 10.3 Å². The summed E-state index contributed by atoms with van der Waals surface area (Å²) in [6.07, 6.45) is -0.631. The number of fused-ring (bicyclic) bond motifs is 1. The number of benzene rings is 1. The van der Waals surface area contributed by atoms with Gasteiger partial charge in [-0.15, -0.1) is 0 Å². The van der Waals surface area contributed by atoms with E-state index in [4.69, 9.17) is 4.74 Å². The summed E-state index contributed by atoms with van der Waals surface area (Å²) >= 11 is 3.20. The quantitative estimate of drug-likeness (QED) is 0.787. The molecule has 3 nitrogen and oxygen atoms in total. The van der Waals surface area contributed by atoms with Gasteiger partial charge in [0.25, 0.3) is 0 Å². The van der Waals surface area contributed by atoms with Gasteiger partial charge >= 0.3 is 6.09 Å². The standard InChI is InChI=1S/C10H9BrFNO2/c1-10(2)6-3-5(11)4-7(12)8(6)13-9(14)15-10/h3-4H,1-2H3,(H,13,14). The van der Waals surface area contributed by atoms with E-state index in [1.54, 1.807) is 19.9 Å². The van der Waals surface area contributed by atoms with E-state index in [-0.39, 0.29) is 5.69 Å². The largest absolute Gasteiger partial charge is 0.438 e. The Morgan fingerprint density at radius 3 is 2.80 bits per heavy atom. The van der Waals surface area contributed by atoms with Crippen molar-refractivity contribution < 1.29 is 13.9 Å². The molecule has 1 amide bonds. The molecule has 0 saturated carbocycles. The normalized spacial score (nSPS) is 17.7. The SMILES string of the molecule is CC1(C)OC(=O)Nc2c(F)cc(Br)cc21. The fraction of sp³-hybridized carbons (Fsp3) is 0.300. The van der Waals surface area contributed by atoms with E-state index in [1.165, 1.54) is 6.07 Å². The van der Waals surface area contributed by atoms with E-state index in [9.17, 15) is 9.18 Å². The summed E-state index contributed by atoms with van der Waals surface area (Å²) in [4.78, 5) is 11.2. The van der Waals surface area contributed by atoms with E-state index in [2.05, 4.69) is 21.2 Å². The molecule has 80 valence electrons. The van der Waals surface area contributed by atoms with Crippen LogP contribution in [0.15, 0.2) is 16.6 Å². The maximum absolute atomic E-state index is 13.5. The van der Waals surface area contributed by atoms with Crippen LogP contribution in [0.25, 0.3) is 0 Å². The zero-order valence-electron chi connectivity index (χ0n) is 8.23. The van der Waals surface area contributed by atoms with Gasteiger partial charge in [-0.25, -0.2) is 9.18 Å². The Hall–Kier alpha value is -1.10. The van der Waals surface area contributed by atoms with Crippen molar-refractivity contribution in [3.05, 3.63) is 28.0 Å². The summed E-state index contributed by atoms with van der Waals surface area (Å²) in [6.45, 7) is 3.44. The molecule has 0 unspecified atom stereocenters. The summed E-state index contributed by atoms with van der Waals surface area (Å²) in [6, 6.07) is 3.04. The highest BCUT2D eigenvalue weighted by Crippen LogP contribution is 2.38. The highest BCUT2D eigenvalue weighted by Gasteiger charge is 2.35. The Kier molecular flexibility index (Phi) is 2.22. The van der Waals surface area contributed by atoms with E-state index in [1.807, 2.05) is 0 Å². The third-order valence-electron chi connectivity index (χ3n) is 2.28. The molecule has 0 aliphatic carbocycles. The predicted molar refractivity (Wildman–Crippen MR) is 57.2 cm³/mol. The summed E-state index contributed by atoms with van der Waals surface area (Å²) in [5, 5.41) is 2.35. The smallest absolute Gasteiger partial charge is 0.412 e. The van der Waals surface area contributed by atoms with E-state index in [0.717, 1.165) is 0 Å². The maximum Gasteiger partial charge on any atom is 0.412 e. The Morgan fingerprint density at radius 1 is 1.47 bits per heavy atom. The van der Waals surface area contributed by atoms with Gasteiger partial charge in [-0.1, -0.05) is 15.9 Å². The van der Waals surface area contributed by atoms with Gasteiger partial charge in [0.05, 0.1) is 5.69 Å². The summed E-state index contributed by atoms with van der Waals surface area (Å²) < 4.78 is 19.2. The van der Waals surface area contributed by atoms with Crippen molar-refractivity contribution in [2.24, 2.45) is 0 Å². The van der Waals surface area contributed by atoms with Crippen molar-refractivity contribution in [3.8, 4) is 0 Å². The number of cyclic esters (lactones) is 1. The molecule has 0 atom stereocenters. The molecule has 1 N–H and O–H groups in total. The summed E-state index contributed by atoms with van der Waals surface area (Å²) in [5.74, 6) is -0.468. The number of hydrogen-bond donors (Lipinski definition) is 1. The lowest BCUT2D eigenvalue weighted by atomic mass is 9.95. The number of anilines is 1. The fourth-order valence-electron chi connectivity index (χ4n) is 1.59. The highest BCUT2D eigenvalue weighted by molar-refractivity contribution is 9.10. The molecule has 0 bridgehead atoms. The molecule has 1 aliphatic heterocycles. The maximum atomic E-state index is 13.5. The average Bonchev–Trinajstić information content (AvgIpc) is 2.06. The zero-order valence-corrected chi connectivity index (χ0v) is 9.81. The fourth-order valence-corrected chi connectivity index (χ4v) is 2.02. The Labute approximate surface area is 94.7 Å². The molecule has 0 radical (unpaired) electrons. The minimum absolute atomic E-state index is 0.194. The third kappa shape index (κ3) is 1.71. The van der Waals surface area contributed by atoms with Crippen LogP contribution in [0.1, 0.15) is 19.4 Å². The van der Waals surface area contributed by atoms with Crippen molar-refractivity contribution in [2.75, 3.05) is 5.32 Å². The third-order valence-corrected chi connectivity index (χ3v) is 2.74. The van der Waals surface area contributed by atoms with E-state index < -0.39 is 17.5 Å². The first-order chi connectivity index (χ1) is 6.90. The van der Waals surface area contributed by atoms with Gasteiger partial charge in [0, 0.05) is 10.0 Å². The number of amides is 1. The minimum Gasteiger partial charge on any atom is -0.438 e. The Morgan fingerprint density at radius 2 is 2.13 bits per heavy atom. The van der Waals surface area contributed by atoms with Crippen LogP contribution in [0.3, 0.4) is 0 Å². The number of nitrogens with one attached hydrogen (secondary N) is 1. The van der Waals surface area contributed by atoms with Crippen LogP contribution in [-0.4, -0.2) is 6.09 Å². The van der Waals surface area contributed by atoms with Crippen molar-refractivity contribution in [1.29, 1.82) is 0 Å². The average molecular weight is 274 g/mol. The minimum atomic E-state index is -0.817. The molecule has 15 heavy (non-hydrogen) atoms. The van der Waals surface area contributed by atoms with E-state index >= 15 is 0 Å². The number of carbonyl (C=O) groups excluding carboxylic acids is 1. The molecule has 1 aromatic carbocycles. The van der Waals surface area contributed by atoms with Gasteiger partial charge in [0.2, 0.25) is 0 Å². The summed E-state index contributed by atoms with van der Waals surface area (Å²) in [7, 11) is 0. The van der Waals surface area contributed by atoms with Gasteiger partial charge in [0.15, 0.2) is 0 Å². The van der Waals surface area contributed by atoms with Crippen LogP contribution in [0.5, 0.6) is 0 Å². The lowest BCUT2D eigenvalue weighted by Gasteiger charge is -2.32. The Bertz CT molecular complexity index is 445. The summed E-state index contributed by atoms with van der Waals surface area (Å²) in [5.41, 5.74) is -0.00382. The lowest BCUT2D eigenvalue weighted by Crippen LogP contribution is -2.35. The van der Waals surface area contributed by atoms with Gasteiger partial charge in [-0.05, 0) is 26.0 Å². The number of ether oxygens (including phenoxy) is 1. The molecule has 0 aromatic heterocycles. The number of halogens is 2. The van der Waals surface area contributed by atoms with Crippen molar-refractivity contribution in [2.45, 2.75) is 19.4 Å². The van der Waals surface area contributed by atoms with Crippen LogP contribution in [0, 0.1) is 5.82 Å². The van der Waals surface area contributed by atoms with Crippen molar-refractivity contribution in [3.63, 3.8) is 0 Å². The monoisotopic (exact) mass is 273 g/mol. The topological polar surface area (TPSA) is 38.3 Å². The molecular weight excluding hydrogens is 265 g/mol. The van der Waals surface area contributed by atoms with Gasteiger partial charge in [0.1, 0.15) is 11.4 Å². The highest BCUT2D eigenvalue weighted by atomic mass is 79.9. The molecule has 0 saturated heterocycles. The van der Waals surface area contributed by atoms with Crippen LogP contribution >= 0.6 is 15.9 Å². The van der Waals surface area contributed by atoms with Crippen LogP contribution < -0.4 is 5.32 Å². The molecule has 1 aromatic rings. The zero-order chi connectivity index (χ0) is 11.2. The second-order valence-corrected chi connectivity index (χ2v) is 4.75. The second-order valence-electron chi connectivity index (χ2n) is 3.84.